The summed E-state index contributed by atoms with van der Waals surface area (Å²) in [5.74, 6) is 0.0880. The molecule has 1 radical (unpaired) electrons. The van der Waals surface area contributed by atoms with Gasteiger partial charge in [-0.1, -0.05) is 27.7 Å². The summed E-state index contributed by atoms with van der Waals surface area (Å²) < 4.78 is 0. The molecule has 0 aliphatic heterocycles. The number of carbonyl (C=O) groups excluding carboxylic acids is 1. The van der Waals surface area contributed by atoms with Crippen LogP contribution in [0.4, 0.5) is 0 Å². The zero-order valence-corrected chi connectivity index (χ0v) is 6.69. The summed E-state index contributed by atoms with van der Waals surface area (Å²) in [4.78, 5) is 10.1. The Morgan fingerprint density at radius 3 is 2.00 bits per heavy atom. The van der Waals surface area contributed by atoms with Crippen molar-refractivity contribution in [3.8, 4) is 0 Å². The molecule has 53 valence electrons. The van der Waals surface area contributed by atoms with Crippen LogP contribution in [0.5, 0.6) is 0 Å². The van der Waals surface area contributed by atoms with Crippen LogP contribution in [0.2, 0.25) is 0 Å². The normalized spacial score (nSPS) is 15.1. The third-order valence-electron chi connectivity index (χ3n) is 1.12. The van der Waals surface area contributed by atoms with Crippen molar-refractivity contribution in [3.05, 3.63) is 0 Å². The highest BCUT2D eigenvalue weighted by molar-refractivity contribution is 5.53. The van der Waals surface area contributed by atoms with Gasteiger partial charge >= 0.3 is 0 Å². The Morgan fingerprint density at radius 1 is 1.44 bits per heavy atom. The molecule has 1 heteroatoms. The van der Waals surface area contributed by atoms with Crippen molar-refractivity contribution in [2.45, 2.75) is 34.1 Å². The number of rotatable bonds is 2. The molecule has 0 heterocycles. The molecule has 1 nitrogen and oxygen atoms in total. The van der Waals surface area contributed by atoms with E-state index in [1.807, 2.05) is 13.2 Å². The molecule has 0 aromatic carbocycles. The Kier molecular flexibility index (Phi) is 2.89. The topological polar surface area (TPSA) is 17.1 Å². The average Bonchev–Trinajstić information content (AvgIpc) is 1.62. The lowest BCUT2D eigenvalue weighted by atomic mass is 9.86. The Labute approximate surface area is 57.5 Å². The van der Waals surface area contributed by atoms with Gasteiger partial charge in [-0.05, 0) is 11.8 Å². The van der Waals surface area contributed by atoms with Crippen LogP contribution in [0, 0.1) is 11.3 Å². The first-order valence-electron chi connectivity index (χ1n) is 3.33. The van der Waals surface area contributed by atoms with E-state index >= 15 is 0 Å². The minimum Gasteiger partial charge on any atom is -0.291 e. The third kappa shape index (κ3) is 5.54. The van der Waals surface area contributed by atoms with Gasteiger partial charge in [0.2, 0.25) is 6.29 Å². The average molecular weight is 127 g/mol. The van der Waals surface area contributed by atoms with Crippen molar-refractivity contribution in [2.24, 2.45) is 11.3 Å². The first-order valence-corrected chi connectivity index (χ1v) is 3.33. The second kappa shape index (κ2) is 3.00. The van der Waals surface area contributed by atoms with Crippen molar-refractivity contribution in [1.82, 2.24) is 0 Å². The van der Waals surface area contributed by atoms with Gasteiger partial charge in [-0.15, -0.1) is 0 Å². The predicted octanol–water partition coefficient (Wildman–Crippen LogP) is 2.17. The molecule has 0 fully saturated rings. The standard InChI is InChI=1S/C8H15O/c1-7(6-9)5-8(2,3)4/h7H,5H2,1-4H3. The zero-order chi connectivity index (χ0) is 7.49. The van der Waals surface area contributed by atoms with E-state index in [1.54, 1.807) is 0 Å². The molecule has 0 saturated carbocycles. The fourth-order valence-corrected chi connectivity index (χ4v) is 0.960. The summed E-state index contributed by atoms with van der Waals surface area (Å²) in [5.41, 5.74) is 0.261. The molecule has 0 aliphatic carbocycles. The molecule has 0 aromatic rings. The van der Waals surface area contributed by atoms with Crippen molar-refractivity contribution in [1.29, 1.82) is 0 Å². The van der Waals surface area contributed by atoms with E-state index in [-0.39, 0.29) is 11.3 Å². The molecule has 0 bridgehead atoms. The van der Waals surface area contributed by atoms with Crippen molar-refractivity contribution in [3.63, 3.8) is 0 Å². The monoisotopic (exact) mass is 127 g/mol. The predicted molar refractivity (Wildman–Crippen MR) is 38.9 cm³/mol. The maximum Gasteiger partial charge on any atom is 0.201 e. The summed E-state index contributed by atoms with van der Waals surface area (Å²) in [5, 5.41) is 0. The molecule has 0 rings (SSSR count). The van der Waals surface area contributed by atoms with Crippen molar-refractivity contribution < 1.29 is 4.79 Å². The smallest absolute Gasteiger partial charge is 0.201 e. The third-order valence-corrected chi connectivity index (χ3v) is 1.12. The van der Waals surface area contributed by atoms with Crippen LogP contribution in [0.25, 0.3) is 0 Å². The van der Waals surface area contributed by atoms with Gasteiger partial charge in [0.05, 0.1) is 0 Å². The fourth-order valence-electron chi connectivity index (χ4n) is 0.960. The van der Waals surface area contributed by atoms with Crippen LogP contribution in [-0.4, -0.2) is 6.29 Å². The molecule has 9 heavy (non-hydrogen) atoms. The maximum absolute atomic E-state index is 10.1. The maximum atomic E-state index is 10.1. The summed E-state index contributed by atoms with van der Waals surface area (Å²) in [7, 11) is 0. The molecule has 0 saturated heterocycles. The van der Waals surface area contributed by atoms with Gasteiger partial charge in [-0.3, -0.25) is 4.79 Å². The molecular weight excluding hydrogens is 112 g/mol. The Bertz CT molecular complexity index is 89.2. The van der Waals surface area contributed by atoms with Crippen LogP contribution >= 0.6 is 0 Å². The van der Waals surface area contributed by atoms with Crippen LogP contribution in [0.1, 0.15) is 34.1 Å². The molecule has 0 aromatic heterocycles. The highest BCUT2D eigenvalue weighted by Gasteiger charge is 2.14. The first kappa shape index (κ1) is 8.67. The van der Waals surface area contributed by atoms with Gasteiger partial charge in [0, 0.05) is 5.92 Å². The summed E-state index contributed by atoms with van der Waals surface area (Å²) in [6.07, 6.45) is 2.90. The number of hydrogen-bond acceptors (Lipinski definition) is 1. The Hall–Kier alpha value is -0.330. The largest absolute Gasteiger partial charge is 0.291 e. The molecule has 0 aliphatic rings. The lowest BCUT2D eigenvalue weighted by Crippen LogP contribution is -2.11. The van der Waals surface area contributed by atoms with E-state index < -0.39 is 0 Å². The fraction of sp³-hybridized carbons (Fsp3) is 0.875. The molecule has 1 atom stereocenters. The first-order chi connectivity index (χ1) is 3.95. The highest BCUT2D eigenvalue weighted by atomic mass is 16.1. The van der Waals surface area contributed by atoms with E-state index in [2.05, 4.69) is 20.8 Å². The SMILES string of the molecule is CC([C]=O)CC(C)(C)C. The van der Waals surface area contributed by atoms with E-state index in [0.717, 1.165) is 6.42 Å². The highest BCUT2D eigenvalue weighted by Crippen LogP contribution is 2.22. The summed E-state index contributed by atoms with van der Waals surface area (Å²) in [6, 6.07) is 0. The number of hydrogen-bond donors (Lipinski definition) is 0. The lowest BCUT2D eigenvalue weighted by Gasteiger charge is -2.18. The van der Waals surface area contributed by atoms with Gasteiger partial charge in [0.25, 0.3) is 0 Å². The molecule has 0 N–H and O–H groups in total. The quantitative estimate of drug-likeness (QED) is 0.555. The van der Waals surface area contributed by atoms with E-state index in [0.29, 0.717) is 0 Å². The van der Waals surface area contributed by atoms with Crippen LogP contribution in [-0.2, 0) is 4.79 Å². The van der Waals surface area contributed by atoms with E-state index in [9.17, 15) is 4.79 Å². The van der Waals surface area contributed by atoms with E-state index in [4.69, 9.17) is 0 Å². The van der Waals surface area contributed by atoms with Gasteiger partial charge in [-0.25, -0.2) is 0 Å². The molecule has 0 amide bonds. The van der Waals surface area contributed by atoms with Gasteiger partial charge in [0.1, 0.15) is 0 Å². The van der Waals surface area contributed by atoms with Crippen molar-refractivity contribution >= 4 is 6.29 Å². The summed E-state index contributed by atoms with van der Waals surface area (Å²) in [6.45, 7) is 8.28. The Balaban J connectivity index is 3.59. The molecule has 0 spiro atoms. The molecular formula is C8H15O. The minimum absolute atomic E-state index is 0.0880. The minimum atomic E-state index is 0.0880. The summed E-state index contributed by atoms with van der Waals surface area (Å²) >= 11 is 0. The van der Waals surface area contributed by atoms with E-state index in [1.165, 1.54) is 0 Å². The van der Waals surface area contributed by atoms with Gasteiger partial charge in [-0.2, -0.15) is 0 Å². The van der Waals surface area contributed by atoms with Gasteiger partial charge < -0.3 is 0 Å². The Morgan fingerprint density at radius 2 is 1.89 bits per heavy atom. The lowest BCUT2D eigenvalue weighted by molar-refractivity contribution is 0.339. The second-order valence-corrected chi connectivity index (χ2v) is 3.78. The molecule has 1 unspecified atom stereocenters. The van der Waals surface area contributed by atoms with Crippen LogP contribution in [0.15, 0.2) is 0 Å². The zero-order valence-electron chi connectivity index (χ0n) is 6.69. The van der Waals surface area contributed by atoms with Crippen LogP contribution in [0.3, 0.4) is 0 Å². The van der Waals surface area contributed by atoms with Crippen molar-refractivity contribution in [2.75, 3.05) is 0 Å². The van der Waals surface area contributed by atoms with Gasteiger partial charge in [0.15, 0.2) is 0 Å². The second-order valence-electron chi connectivity index (χ2n) is 3.78. The van der Waals surface area contributed by atoms with Crippen LogP contribution < -0.4 is 0 Å².